The van der Waals surface area contributed by atoms with Crippen LogP contribution in [0.4, 0.5) is 10.1 Å². The maximum absolute atomic E-state index is 13.6. The number of benzene rings is 3. The summed E-state index contributed by atoms with van der Waals surface area (Å²) >= 11 is 1.60. The molecule has 10 heteroatoms. The van der Waals surface area contributed by atoms with E-state index >= 15 is 0 Å². The summed E-state index contributed by atoms with van der Waals surface area (Å²) in [6.45, 7) is 2.36. The second-order valence-corrected chi connectivity index (χ2v) is 11.0. The van der Waals surface area contributed by atoms with E-state index in [-0.39, 0.29) is 17.7 Å². The van der Waals surface area contributed by atoms with E-state index in [1.807, 2.05) is 18.4 Å². The molecule has 1 aromatic heterocycles. The third kappa shape index (κ3) is 7.21. The molecule has 1 aliphatic rings. The molecule has 8 nitrogen and oxygen atoms in total. The van der Waals surface area contributed by atoms with Crippen LogP contribution in [0.1, 0.15) is 50.6 Å². The summed E-state index contributed by atoms with van der Waals surface area (Å²) in [5.41, 5.74) is 5.29. The lowest BCUT2D eigenvalue weighted by Crippen LogP contribution is -2.22. The lowest BCUT2D eigenvalue weighted by atomic mass is 10.0. The number of ether oxygens (including phenoxy) is 3. The van der Waals surface area contributed by atoms with E-state index in [0.717, 1.165) is 29.5 Å². The minimum absolute atomic E-state index is 0.249. The first-order chi connectivity index (χ1) is 20.9. The highest BCUT2D eigenvalue weighted by molar-refractivity contribution is 7.99. The van der Waals surface area contributed by atoms with Crippen LogP contribution in [0.3, 0.4) is 0 Å². The van der Waals surface area contributed by atoms with Crippen LogP contribution >= 0.6 is 11.9 Å². The number of nitrogens with one attached hydrogen (secondary N) is 1. The summed E-state index contributed by atoms with van der Waals surface area (Å²) in [5.74, 6) is -0.137. The number of carbonyl (C=O) groups excluding carboxylic acids is 2. The molecule has 0 aliphatic heterocycles. The van der Waals surface area contributed by atoms with Crippen LogP contribution in [-0.2, 0) is 20.8 Å². The number of carbonyl (C=O) groups is 2. The Labute approximate surface area is 254 Å². The van der Waals surface area contributed by atoms with Gasteiger partial charge in [0.25, 0.3) is 5.91 Å². The van der Waals surface area contributed by atoms with Crippen LogP contribution in [0.15, 0.2) is 65.1 Å². The average Bonchev–Trinajstić information content (AvgIpc) is 3.82. The molecular weight excluding hydrogens is 571 g/mol. The molecule has 0 bridgehead atoms. The summed E-state index contributed by atoms with van der Waals surface area (Å²) in [7, 11) is 2.95. The van der Waals surface area contributed by atoms with Crippen LogP contribution in [0.25, 0.3) is 22.3 Å². The molecular formula is C33H35FN2O6S. The van der Waals surface area contributed by atoms with E-state index in [1.54, 1.807) is 49.3 Å². The van der Waals surface area contributed by atoms with Crippen molar-refractivity contribution in [1.82, 2.24) is 5.32 Å². The van der Waals surface area contributed by atoms with Crippen molar-refractivity contribution in [2.24, 2.45) is 0 Å². The Hall–Kier alpha value is -3.86. The van der Waals surface area contributed by atoms with E-state index in [4.69, 9.17) is 18.6 Å². The largest absolute Gasteiger partial charge is 0.465 e. The fraction of sp³-hybridized carbons (Fsp3) is 0.333. The fourth-order valence-electron chi connectivity index (χ4n) is 5.01. The smallest absolute Gasteiger partial charge is 0.337 e. The van der Waals surface area contributed by atoms with Gasteiger partial charge in [0, 0.05) is 30.3 Å². The Balaban J connectivity index is 1.25. The molecule has 1 saturated carbocycles. The van der Waals surface area contributed by atoms with Gasteiger partial charge in [0.1, 0.15) is 17.2 Å². The summed E-state index contributed by atoms with van der Waals surface area (Å²) in [6.07, 6.45) is 4.21. The van der Waals surface area contributed by atoms with Crippen molar-refractivity contribution in [2.75, 3.05) is 51.1 Å². The zero-order valence-electron chi connectivity index (χ0n) is 24.5. The van der Waals surface area contributed by atoms with Gasteiger partial charge in [0.2, 0.25) is 0 Å². The van der Waals surface area contributed by atoms with E-state index in [9.17, 15) is 14.0 Å². The minimum atomic E-state index is -0.375. The van der Waals surface area contributed by atoms with Gasteiger partial charge < -0.3 is 28.2 Å². The number of anilines is 1. The number of hydrogen-bond donors (Lipinski definition) is 1. The molecule has 1 amide bonds. The number of fused-ring (bicyclic) bond motifs is 1. The first-order valence-corrected chi connectivity index (χ1v) is 15.3. The normalized spacial score (nSPS) is 12.8. The molecule has 0 unspecified atom stereocenters. The van der Waals surface area contributed by atoms with Gasteiger partial charge >= 0.3 is 5.97 Å². The standard InChI is InChI=1S/C33H35FN2O6S/c1-35-32(37)30-27-18-26(22-7-8-22)28(19-29(27)42-31(30)23-9-11-25(34)12-10-23)36(43-3)13-14-40-15-16-41-20-21-5-4-6-24(17-21)33(38)39-2/h4-6,9-12,17-19,22H,7-8,13-16,20H2,1-3H3,(H,35,37). The van der Waals surface area contributed by atoms with Crippen molar-refractivity contribution in [1.29, 1.82) is 0 Å². The van der Waals surface area contributed by atoms with E-state index < -0.39 is 0 Å². The fourth-order valence-corrected chi connectivity index (χ4v) is 5.63. The van der Waals surface area contributed by atoms with Crippen LogP contribution in [0.2, 0.25) is 0 Å². The van der Waals surface area contributed by atoms with Crippen LogP contribution < -0.4 is 9.62 Å². The maximum Gasteiger partial charge on any atom is 0.337 e. The van der Waals surface area contributed by atoms with Gasteiger partial charge in [-0.1, -0.05) is 24.1 Å². The summed E-state index contributed by atoms with van der Waals surface area (Å²) in [5, 5.41) is 3.47. The maximum atomic E-state index is 13.6. The topological polar surface area (TPSA) is 90.2 Å². The Morgan fingerprint density at radius 1 is 1.05 bits per heavy atom. The molecule has 0 radical (unpaired) electrons. The van der Waals surface area contributed by atoms with Crippen LogP contribution in [-0.4, -0.2) is 58.7 Å². The van der Waals surface area contributed by atoms with Gasteiger partial charge in [-0.05, 0) is 72.4 Å². The van der Waals surface area contributed by atoms with Crippen LogP contribution in [0, 0.1) is 5.82 Å². The first-order valence-electron chi connectivity index (χ1n) is 14.2. The molecule has 1 N–H and O–H groups in total. The van der Waals surface area contributed by atoms with Gasteiger partial charge in [-0.25, -0.2) is 9.18 Å². The number of methoxy groups -OCH3 is 1. The molecule has 4 aromatic rings. The lowest BCUT2D eigenvalue weighted by molar-refractivity contribution is 0.0435. The summed E-state index contributed by atoms with van der Waals surface area (Å²) in [6, 6.07) is 17.2. The predicted molar refractivity (Wildman–Crippen MR) is 166 cm³/mol. The number of amides is 1. The summed E-state index contributed by atoms with van der Waals surface area (Å²) < 4.78 is 38.5. The lowest BCUT2D eigenvalue weighted by Gasteiger charge is -2.24. The molecule has 1 aliphatic carbocycles. The Morgan fingerprint density at radius 2 is 1.81 bits per heavy atom. The van der Waals surface area contributed by atoms with Crippen molar-refractivity contribution in [3.63, 3.8) is 0 Å². The van der Waals surface area contributed by atoms with Crippen molar-refractivity contribution in [2.45, 2.75) is 25.4 Å². The molecule has 0 atom stereocenters. The van der Waals surface area contributed by atoms with Gasteiger partial charge in [0.15, 0.2) is 0 Å². The number of halogens is 1. The average molecular weight is 607 g/mol. The van der Waals surface area contributed by atoms with E-state index in [0.29, 0.717) is 66.9 Å². The highest BCUT2D eigenvalue weighted by Crippen LogP contribution is 2.48. The SMILES string of the molecule is CNC(=O)c1c(-c2ccc(F)cc2)oc2cc(N(CCOCCOCc3cccc(C(=O)OC)c3)SC)c(C3CC3)cc12. The van der Waals surface area contributed by atoms with Gasteiger partial charge in [-0.15, -0.1) is 0 Å². The number of nitrogens with zero attached hydrogens (tertiary/aromatic N) is 1. The predicted octanol–water partition coefficient (Wildman–Crippen LogP) is 6.58. The Morgan fingerprint density at radius 3 is 2.51 bits per heavy atom. The molecule has 3 aromatic carbocycles. The molecule has 1 fully saturated rings. The highest BCUT2D eigenvalue weighted by Gasteiger charge is 2.31. The molecule has 43 heavy (non-hydrogen) atoms. The van der Waals surface area contributed by atoms with Crippen molar-refractivity contribution < 1.29 is 32.6 Å². The van der Waals surface area contributed by atoms with Crippen LogP contribution in [0.5, 0.6) is 0 Å². The second kappa shape index (κ2) is 14.1. The van der Waals surface area contributed by atoms with Gasteiger partial charge in [0.05, 0.1) is 56.9 Å². The zero-order valence-corrected chi connectivity index (χ0v) is 25.3. The quantitative estimate of drug-likeness (QED) is 0.0978. The third-order valence-electron chi connectivity index (χ3n) is 7.33. The number of furan rings is 1. The summed E-state index contributed by atoms with van der Waals surface area (Å²) in [4.78, 5) is 24.7. The zero-order chi connectivity index (χ0) is 30.3. The molecule has 5 rings (SSSR count). The molecule has 0 saturated heterocycles. The first kappa shape index (κ1) is 30.6. The van der Waals surface area contributed by atoms with E-state index in [1.165, 1.54) is 24.8 Å². The van der Waals surface area contributed by atoms with Crippen molar-refractivity contribution >= 4 is 40.5 Å². The molecule has 226 valence electrons. The Bertz CT molecular complexity index is 1580. The van der Waals surface area contributed by atoms with E-state index in [2.05, 4.69) is 15.7 Å². The second-order valence-electron chi connectivity index (χ2n) is 10.2. The van der Waals surface area contributed by atoms with Gasteiger partial charge in [-0.2, -0.15) is 0 Å². The number of hydrogen-bond acceptors (Lipinski definition) is 8. The highest BCUT2D eigenvalue weighted by atomic mass is 32.2. The minimum Gasteiger partial charge on any atom is -0.465 e. The van der Waals surface area contributed by atoms with Crippen molar-refractivity contribution in [3.8, 4) is 11.3 Å². The number of rotatable bonds is 14. The Kier molecular flexibility index (Phi) is 10.0. The van der Waals surface area contributed by atoms with Gasteiger partial charge in [-0.3, -0.25) is 4.79 Å². The molecule has 0 spiro atoms. The van der Waals surface area contributed by atoms with Crippen molar-refractivity contribution in [3.05, 3.63) is 88.7 Å². The molecule has 1 heterocycles. The monoisotopic (exact) mass is 606 g/mol. The third-order valence-corrected chi connectivity index (χ3v) is 8.15. The number of esters is 1.